The first-order chi connectivity index (χ1) is 9.03. The van der Waals surface area contributed by atoms with Gasteiger partial charge in [-0.25, -0.2) is 13.1 Å². The molecule has 0 heterocycles. The minimum absolute atomic E-state index is 0.0201. The lowest BCUT2D eigenvalue weighted by atomic mass is 10.2. The van der Waals surface area contributed by atoms with Crippen molar-refractivity contribution in [2.24, 2.45) is 0 Å². The molecule has 0 radical (unpaired) electrons. The molecule has 0 fully saturated rings. The van der Waals surface area contributed by atoms with Crippen LogP contribution in [0.3, 0.4) is 0 Å². The van der Waals surface area contributed by atoms with Crippen LogP contribution in [-0.4, -0.2) is 27.5 Å². The highest BCUT2D eigenvalue weighted by molar-refractivity contribution is 7.92. The Morgan fingerprint density at radius 2 is 2.00 bits per heavy atom. The van der Waals surface area contributed by atoms with Gasteiger partial charge in [0.2, 0.25) is 10.0 Å². The van der Waals surface area contributed by atoms with Gasteiger partial charge < -0.3 is 4.74 Å². The highest BCUT2D eigenvalue weighted by Gasteiger charge is 2.07. The molecule has 5 nitrogen and oxygen atoms in total. The predicted molar refractivity (Wildman–Crippen MR) is 73.6 cm³/mol. The van der Waals surface area contributed by atoms with Crippen molar-refractivity contribution in [1.82, 2.24) is 4.72 Å². The second-order valence-corrected chi connectivity index (χ2v) is 5.36. The zero-order chi connectivity index (χ0) is 14.1. The number of sulfonamides is 1. The first kappa shape index (κ1) is 15.4. The number of benzene rings is 1. The maximum atomic E-state index is 11.6. The van der Waals surface area contributed by atoms with Crippen LogP contribution in [0, 0.1) is 0 Å². The van der Waals surface area contributed by atoms with Crippen molar-refractivity contribution < 1.29 is 17.9 Å². The number of carbonyl (C=O) groups excluding carboxylic acids is 1. The smallest absolute Gasteiger partial charge is 0.307 e. The van der Waals surface area contributed by atoms with Crippen molar-refractivity contribution >= 4 is 22.1 Å². The summed E-state index contributed by atoms with van der Waals surface area (Å²) in [5.41, 5.74) is 0.790. The maximum absolute atomic E-state index is 11.6. The molecule has 0 aromatic heterocycles. The zero-order valence-electron chi connectivity index (χ0n) is 10.7. The molecule has 1 N–H and O–H groups in total. The van der Waals surface area contributed by atoms with E-state index in [-0.39, 0.29) is 13.0 Å². The molecule has 0 spiro atoms. The average molecular weight is 283 g/mol. The standard InChI is InChI=1S/C13H17NO4S/c1-2-18-13(15)8-10-14-19(16,17)11-9-12-6-4-3-5-7-12/h3-7,9,11,14H,2,8,10H2,1H3/b11-9-. The van der Waals surface area contributed by atoms with Gasteiger partial charge in [-0.05, 0) is 18.6 Å². The van der Waals surface area contributed by atoms with E-state index in [0.29, 0.717) is 6.61 Å². The topological polar surface area (TPSA) is 72.5 Å². The molecular weight excluding hydrogens is 266 g/mol. The fourth-order valence-corrected chi connectivity index (χ4v) is 2.13. The lowest BCUT2D eigenvalue weighted by molar-refractivity contribution is -0.142. The fourth-order valence-electron chi connectivity index (χ4n) is 1.31. The Bertz CT molecular complexity index is 523. The van der Waals surface area contributed by atoms with Gasteiger partial charge in [-0.2, -0.15) is 0 Å². The number of hydrogen-bond acceptors (Lipinski definition) is 4. The summed E-state index contributed by atoms with van der Waals surface area (Å²) in [5, 5.41) is 1.08. The van der Waals surface area contributed by atoms with E-state index >= 15 is 0 Å². The average Bonchev–Trinajstić information content (AvgIpc) is 2.38. The SMILES string of the molecule is CCOC(=O)CCNS(=O)(=O)/C=C\c1ccccc1. The number of carbonyl (C=O) groups is 1. The quantitative estimate of drug-likeness (QED) is 0.770. The summed E-state index contributed by atoms with van der Waals surface area (Å²) in [6.07, 6.45) is 1.51. The molecule has 19 heavy (non-hydrogen) atoms. The second-order valence-electron chi connectivity index (χ2n) is 3.71. The largest absolute Gasteiger partial charge is 0.466 e. The van der Waals surface area contributed by atoms with E-state index in [0.717, 1.165) is 11.0 Å². The van der Waals surface area contributed by atoms with E-state index in [2.05, 4.69) is 4.72 Å². The summed E-state index contributed by atoms with van der Waals surface area (Å²) < 4.78 is 30.2. The molecule has 104 valence electrons. The van der Waals surface area contributed by atoms with Crippen LogP contribution in [0.1, 0.15) is 18.9 Å². The van der Waals surface area contributed by atoms with Crippen LogP contribution in [-0.2, 0) is 19.6 Å². The molecule has 6 heteroatoms. The molecule has 0 saturated heterocycles. The molecule has 0 unspecified atom stereocenters. The van der Waals surface area contributed by atoms with Gasteiger partial charge in [0.15, 0.2) is 0 Å². The fraction of sp³-hybridized carbons (Fsp3) is 0.308. The van der Waals surface area contributed by atoms with Crippen LogP contribution < -0.4 is 4.72 Å². The Balaban J connectivity index is 2.44. The van der Waals surface area contributed by atoms with Gasteiger partial charge in [0.25, 0.3) is 0 Å². The van der Waals surface area contributed by atoms with Gasteiger partial charge in [-0.15, -0.1) is 0 Å². The normalized spacial score (nSPS) is 11.6. The van der Waals surface area contributed by atoms with Crippen LogP contribution in [0.15, 0.2) is 35.7 Å². The Morgan fingerprint density at radius 1 is 1.32 bits per heavy atom. The van der Waals surface area contributed by atoms with Crippen LogP contribution in [0.4, 0.5) is 0 Å². The minimum atomic E-state index is -3.53. The van der Waals surface area contributed by atoms with Gasteiger partial charge in [0.1, 0.15) is 0 Å². The van der Waals surface area contributed by atoms with Crippen molar-refractivity contribution in [2.45, 2.75) is 13.3 Å². The third kappa shape index (κ3) is 6.73. The first-order valence-electron chi connectivity index (χ1n) is 5.92. The van der Waals surface area contributed by atoms with Gasteiger partial charge in [0, 0.05) is 12.0 Å². The number of nitrogens with one attached hydrogen (secondary N) is 1. The zero-order valence-corrected chi connectivity index (χ0v) is 11.5. The third-order valence-corrected chi connectivity index (χ3v) is 3.28. The van der Waals surface area contributed by atoms with Crippen LogP contribution in [0.25, 0.3) is 6.08 Å². The second kappa shape index (κ2) is 7.70. The summed E-state index contributed by atoms with van der Waals surface area (Å²) in [6, 6.07) is 9.08. The molecule has 0 aliphatic heterocycles. The highest BCUT2D eigenvalue weighted by atomic mass is 32.2. The van der Waals surface area contributed by atoms with Crippen LogP contribution in [0.2, 0.25) is 0 Å². The lowest BCUT2D eigenvalue weighted by Gasteiger charge is -2.03. The number of hydrogen-bond donors (Lipinski definition) is 1. The summed E-state index contributed by atoms with van der Waals surface area (Å²) >= 11 is 0. The minimum Gasteiger partial charge on any atom is -0.466 e. The van der Waals surface area contributed by atoms with E-state index in [1.165, 1.54) is 6.08 Å². The van der Waals surface area contributed by atoms with Crippen LogP contribution in [0.5, 0.6) is 0 Å². The van der Waals surface area contributed by atoms with E-state index in [9.17, 15) is 13.2 Å². The lowest BCUT2D eigenvalue weighted by Crippen LogP contribution is -2.24. The molecule has 1 aromatic rings. The third-order valence-electron chi connectivity index (χ3n) is 2.18. The molecule has 0 bridgehead atoms. The first-order valence-corrected chi connectivity index (χ1v) is 7.46. The monoisotopic (exact) mass is 283 g/mol. The molecule has 1 rings (SSSR count). The van der Waals surface area contributed by atoms with Gasteiger partial charge >= 0.3 is 5.97 Å². The van der Waals surface area contributed by atoms with E-state index < -0.39 is 16.0 Å². The summed E-state index contributed by atoms with van der Waals surface area (Å²) in [4.78, 5) is 11.0. The molecule has 0 saturated carbocycles. The Hall–Kier alpha value is -1.66. The van der Waals surface area contributed by atoms with Crippen molar-refractivity contribution in [1.29, 1.82) is 0 Å². The molecule has 0 aliphatic rings. The van der Waals surface area contributed by atoms with E-state index in [4.69, 9.17) is 4.74 Å². The van der Waals surface area contributed by atoms with Gasteiger partial charge in [0.05, 0.1) is 13.0 Å². The van der Waals surface area contributed by atoms with Crippen molar-refractivity contribution in [3.63, 3.8) is 0 Å². The summed E-state index contributed by atoms with van der Waals surface area (Å²) in [7, 11) is -3.53. The predicted octanol–water partition coefficient (Wildman–Crippen LogP) is 1.53. The Morgan fingerprint density at radius 3 is 2.63 bits per heavy atom. The van der Waals surface area contributed by atoms with Gasteiger partial charge in [-0.1, -0.05) is 30.3 Å². The van der Waals surface area contributed by atoms with Gasteiger partial charge in [-0.3, -0.25) is 4.79 Å². The number of esters is 1. The molecule has 0 amide bonds. The number of rotatable bonds is 7. The molecule has 1 aromatic carbocycles. The van der Waals surface area contributed by atoms with Crippen LogP contribution >= 0.6 is 0 Å². The summed E-state index contributed by atoms with van der Waals surface area (Å²) in [6.45, 7) is 2.02. The molecule has 0 aliphatic carbocycles. The molecule has 0 atom stereocenters. The maximum Gasteiger partial charge on any atom is 0.307 e. The van der Waals surface area contributed by atoms with E-state index in [1.54, 1.807) is 19.1 Å². The Kier molecular flexibility index (Phi) is 6.24. The Labute approximate surface area is 113 Å². The van der Waals surface area contributed by atoms with Crippen molar-refractivity contribution in [3.8, 4) is 0 Å². The molecular formula is C13H17NO4S. The summed E-state index contributed by atoms with van der Waals surface area (Å²) in [5.74, 6) is -0.419. The van der Waals surface area contributed by atoms with E-state index in [1.807, 2.05) is 18.2 Å². The van der Waals surface area contributed by atoms with Crippen molar-refractivity contribution in [2.75, 3.05) is 13.2 Å². The highest BCUT2D eigenvalue weighted by Crippen LogP contribution is 2.02. The number of ether oxygens (including phenoxy) is 1. The van der Waals surface area contributed by atoms with Crippen molar-refractivity contribution in [3.05, 3.63) is 41.3 Å².